The molecule has 0 saturated heterocycles. The smallest absolute Gasteiger partial charge is 0.190 e. The van der Waals surface area contributed by atoms with E-state index in [0.29, 0.717) is 0 Å². The molecule has 0 bridgehead atoms. The normalized spacial score (nSPS) is 16.7. The molecule has 0 amide bonds. The highest BCUT2D eigenvalue weighted by Crippen LogP contribution is 2.05. The van der Waals surface area contributed by atoms with Crippen LogP contribution >= 0.6 is 24.4 Å². The maximum atomic E-state index is 9.70. The van der Waals surface area contributed by atoms with Crippen LogP contribution in [0.5, 0.6) is 0 Å². The van der Waals surface area contributed by atoms with E-state index in [1.165, 1.54) is 0 Å². The van der Waals surface area contributed by atoms with Gasteiger partial charge >= 0.3 is 0 Å². The summed E-state index contributed by atoms with van der Waals surface area (Å²) >= 11 is 9.10. The van der Waals surface area contributed by atoms with Crippen LogP contribution in [0.4, 0.5) is 0 Å². The largest absolute Gasteiger partial charge is 0.394 e. The lowest BCUT2D eigenvalue weighted by Gasteiger charge is -2.21. The molecule has 114 valence electrons. The molecule has 0 spiro atoms. The first-order chi connectivity index (χ1) is 9.27. The summed E-state index contributed by atoms with van der Waals surface area (Å²) in [6, 6.07) is 0. The van der Waals surface area contributed by atoms with Gasteiger partial charge in [0.25, 0.3) is 0 Å². The quantitative estimate of drug-likeness (QED) is 0.146. The third-order valence-electron chi connectivity index (χ3n) is 2.04. The molecule has 20 heavy (non-hydrogen) atoms. The van der Waals surface area contributed by atoms with Crippen LogP contribution in [0.1, 0.15) is 6.42 Å². The molecule has 9 N–H and O–H groups in total. The number of hydrogen-bond donors (Lipinski definition) is 7. The minimum Gasteiger partial charge on any atom is -0.394 e. The average molecular weight is 323 g/mol. The van der Waals surface area contributed by atoms with Gasteiger partial charge < -0.3 is 31.9 Å². The number of hydrogen-bond acceptors (Lipinski definition) is 7. The molecule has 0 aliphatic carbocycles. The fraction of sp³-hybridized carbons (Fsp3) is 0.556. The van der Waals surface area contributed by atoms with Gasteiger partial charge in [0, 0.05) is 6.42 Å². The molecular weight excluding hydrogens is 306 g/mol. The number of rotatable bonds is 7. The number of hydrazone groups is 1. The van der Waals surface area contributed by atoms with Gasteiger partial charge in [0.1, 0.15) is 12.2 Å². The second-order valence-electron chi connectivity index (χ2n) is 3.69. The van der Waals surface area contributed by atoms with Crippen LogP contribution in [0.2, 0.25) is 0 Å². The third-order valence-corrected chi connectivity index (χ3v) is 2.24. The Hall–Kier alpha value is -1.24. The Bertz CT molecular complexity index is 404. The Kier molecular flexibility index (Phi) is 9.03. The predicted octanol–water partition coefficient (Wildman–Crippen LogP) is -3.04. The van der Waals surface area contributed by atoms with Gasteiger partial charge in [-0.1, -0.05) is 0 Å². The first-order valence-electron chi connectivity index (χ1n) is 5.38. The first-order valence-corrected chi connectivity index (χ1v) is 6.20. The number of nitrogens with two attached hydrogens (primary N) is 2. The van der Waals surface area contributed by atoms with E-state index in [0.717, 1.165) is 6.21 Å². The fourth-order valence-corrected chi connectivity index (χ4v) is 1.19. The molecule has 9 nitrogen and oxygen atoms in total. The maximum absolute atomic E-state index is 9.70. The van der Waals surface area contributed by atoms with Crippen LogP contribution < -0.4 is 16.9 Å². The molecular formula is C9H17N5O4S2. The Labute approximate surface area is 126 Å². The Morgan fingerprint density at radius 3 is 2.25 bits per heavy atom. The van der Waals surface area contributed by atoms with Crippen LogP contribution in [0, 0.1) is 0 Å². The van der Waals surface area contributed by atoms with Crippen LogP contribution in [-0.2, 0) is 0 Å². The minimum absolute atomic E-state index is 0.114. The maximum Gasteiger partial charge on any atom is 0.190 e. The second kappa shape index (κ2) is 9.63. The zero-order valence-corrected chi connectivity index (χ0v) is 12.0. The zero-order chi connectivity index (χ0) is 15.7. The van der Waals surface area contributed by atoms with E-state index >= 15 is 0 Å². The van der Waals surface area contributed by atoms with E-state index in [2.05, 4.69) is 40.0 Å². The molecule has 0 radical (unpaired) electrons. The number of nitrogens with zero attached hydrogens (tertiary/aromatic N) is 2. The monoisotopic (exact) mass is 323 g/mol. The van der Waals surface area contributed by atoms with E-state index in [4.69, 9.17) is 16.6 Å². The summed E-state index contributed by atoms with van der Waals surface area (Å²) in [5.74, 6) is 0. The van der Waals surface area contributed by atoms with Crippen molar-refractivity contribution < 1.29 is 20.4 Å². The molecule has 0 aliphatic rings. The number of aliphatic imine (C=N–C) groups is 1. The van der Waals surface area contributed by atoms with Gasteiger partial charge in [-0.3, -0.25) is 5.43 Å². The Balaban J connectivity index is 4.83. The van der Waals surface area contributed by atoms with Gasteiger partial charge in [0.2, 0.25) is 0 Å². The zero-order valence-electron chi connectivity index (χ0n) is 10.4. The van der Waals surface area contributed by atoms with Crippen LogP contribution in [-0.4, -0.2) is 67.5 Å². The van der Waals surface area contributed by atoms with E-state index < -0.39 is 24.9 Å². The average Bonchev–Trinajstić information content (AvgIpc) is 2.39. The van der Waals surface area contributed by atoms with Crippen molar-refractivity contribution in [3.63, 3.8) is 0 Å². The Morgan fingerprint density at radius 1 is 1.20 bits per heavy atom. The van der Waals surface area contributed by atoms with Crippen molar-refractivity contribution in [2.75, 3.05) is 6.61 Å². The van der Waals surface area contributed by atoms with Gasteiger partial charge in [-0.05, 0) is 24.4 Å². The van der Waals surface area contributed by atoms with Crippen molar-refractivity contribution in [2.24, 2.45) is 21.6 Å². The van der Waals surface area contributed by atoms with Crippen LogP contribution in [0.15, 0.2) is 10.1 Å². The summed E-state index contributed by atoms with van der Waals surface area (Å²) in [5.41, 5.74) is 12.8. The number of aliphatic hydroxyl groups is 4. The fourth-order valence-electron chi connectivity index (χ4n) is 1.09. The van der Waals surface area contributed by atoms with Crippen LogP contribution in [0.25, 0.3) is 0 Å². The topological polar surface area (TPSA) is 170 Å². The summed E-state index contributed by atoms with van der Waals surface area (Å²) in [4.78, 5) is 3.61. The first kappa shape index (κ1) is 18.8. The molecule has 0 aromatic rings. The highest BCUT2D eigenvalue weighted by molar-refractivity contribution is 7.80. The molecule has 0 aromatic carbocycles. The highest BCUT2D eigenvalue weighted by Gasteiger charge is 2.25. The SMILES string of the molecule is NC(=S)/N=C\C(CC(O)C(O)C(O)CO)=N\NC(N)=S. The number of aliphatic hydroxyl groups excluding tert-OH is 4. The van der Waals surface area contributed by atoms with E-state index in [1.807, 2.05) is 0 Å². The summed E-state index contributed by atoms with van der Waals surface area (Å²) < 4.78 is 0. The van der Waals surface area contributed by atoms with Crippen molar-refractivity contribution >= 4 is 46.6 Å². The van der Waals surface area contributed by atoms with Gasteiger partial charge in [0.15, 0.2) is 10.2 Å². The molecule has 0 heterocycles. The lowest BCUT2D eigenvalue weighted by molar-refractivity contribution is -0.0733. The van der Waals surface area contributed by atoms with Gasteiger partial charge in [-0.2, -0.15) is 5.10 Å². The molecule has 3 atom stereocenters. The molecule has 11 heteroatoms. The van der Waals surface area contributed by atoms with Crippen molar-refractivity contribution in [3.8, 4) is 0 Å². The molecule has 0 aliphatic heterocycles. The van der Waals surface area contributed by atoms with Gasteiger partial charge in [-0.15, -0.1) is 0 Å². The van der Waals surface area contributed by atoms with Crippen molar-refractivity contribution in [1.82, 2.24) is 5.43 Å². The number of thiocarbonyl (C=S) groups is 2. The van der Waals surface area contributed by atoms with Crippen molar-refractivity contribution in [1.29, 1.82) is 0 Å². The molecule has 3 unspecified atom stereocenters. The van der Waals surface area contributed by atoms with Crippen molar-refractivity contribution in [3.05, 3.63) is 0 Å². The summed E-state index contributed by atoms with van der Waals surface area (Å²) in [6.45, 7) is -0.698. The molecule has 0 rings (SSSR count). The summed E-state index contributed by atoms with van der Waals surface area (Å²) in [5, 5.41) is 40.6. The van der Waals surface area contributed by atoms with Gasteiger partial charge in [-0.25, -0.2) is 4.99 Å². The molecule has 0 aromatic heterocycles. The number of nitrogens with one attached hydrogen (secondary N) is 1. The second-order valence-corrected chi connectivity index (χ2v) is 4.55. The third kappa shape index (κ3) is 8.04. The molecule has 0 fully saturated rings. The molecule has 0 saturated carbocycles. The van der Waals surface area contributed by atoms with E-state index in [1.54, 1.807) is 0 Å². The van der Waals surface area contributed by atoms with Gasteiger partial charge in [0.05, 0.1) is 24.6 Å². The lowest BCUT2D eigenvalue weighted by atomic mass is 10.0. The van der Waals surface area contributed by atoms with Crippen LogP contribution in [0.3, 0.4) is 0 Å². The lowest BCUT2D eigenvalue weighted by Crippen LogP contribution is -2.41. The Morgan fingerprint density at radius 2 is 1.80 bits per heavy atom. The standard InChI is InChI=1S/C9H17N5O4S2/c10-8(19)12-2-4(13-14-9(11)20)1-5(16)7(18)6(17)3-15/h2,5-7,15-18H,1,3H2,(H2,10,19)(H3,11,14,20)/b12-2-,13-4+. The highest BCUT2D eigenvalue weighted by atomic mass is 32.1. The predicted molar refractivity (Wildman–Crippen MR) is 82.4 cm³/mol. The summed E-state index contributed by atoms with van der Waals surface area (Å²) in [7, 11) is 0. The van der Waals surface area contributed by atoms with E-state index in [-0.39, 0.29) is 22.4 Å². The minimum atomic E-state index is -1.56. The van der Waals surface area contributed by atoms with E-state index in [9.17, 15) is 15.3 Å². The van der Waals surface area contributed by atoms with Crippen molar-refractivity contribution in [2.45, 2.75) is 24.7 Å². The summed E-state index contributed by atoms with van der Waals surface area (Å²) in [6.07, 6.45) is -3.51.